The van der Waals surface area contributed by atoms with Gasteiger partial charge in [-0.25, -0.2) is 4.98 Å². The van der Waals surface area contributed by atoms with Crippen LogP contribution in [-0.4, -0.2) is 32.3 Å². The number of rotatable bonds is 5. The average molecular weight is 249 g/mol. The van der Waals surface area contributed by atoms with Crippen molar-refractivity contribution in [3.8, 4) is 0 Å². The minimum atomic E-state index is -0.559. The van der Waals surface area contributed by atoms with E-state index in [-0.39, 0.29) is 17.3 Å². The Kier molecular flexibility index (Phi) is 3.37. The van der Waals surface area contributed by atoms with Gasteiger partial charge < -0.3 is 15.3 Å². The van der Waals surface area contributed by atoms with Gasteiger partial charge in [0.2, 0.25) is 0 Å². The second-order valence-corrected chi connectivity index (χ2v) is 3.57. The molecule has 2 aromatic heterocycles. The minimum absolute atomic E-state index is 0.133. The van der Waals surface area contributed by atoms with Gasteiger partial charge >= 0.3 is 0 Å². The molecule has 18 heavy (non-hydrogen) atoms. The summed E-state index contributed by atoms with van der Waals surface area (Å²) >= 11 is 0. The maximum absolute atomic E-state index is 11.6. The summed E-state index contributed by atoms with van der Waals surface area (Å²) < 4.78 is 0. The lowest BCUT2D eigenvalue weighted by Gasteiger charge is -2.01. The topological polar surface area (TPSA) is 117 Å². The Morgan fingerprint density at radius 1 is 1.50 bits per heavy atom. The van der Waals surface area contributed by atoms with E-state index in [4.69, 9.17) is 0 Å². The molecule has 0 saturated carbocycles. The third kappa shape index (κ3) is 2.73. The molecule has 0 fully saturated rings. The molecule has 0 bridgehead atoms. The van der Waals surface area contributed by atoms with Gasteiger partial charge in [-0.15, -0.1) is 0 Å². The highest BCUT2D eigenvalue weighted by Crippen LogP contribution is 2.11. The molecule has 2 heterocycles. The highest BCUT2D eigenvalue weighted by Gasteiger charge is 2.13. The van der Waals surface area contributed by atoms with Gasteiger partial charge in [0.05, 0.1) is 11.1 Å². The van der Waals surface area contributed by atoms with E-state index in [1.54, 1.807) is 12.4 Å². The monoisotopic (exact) mass is 249 g/mol. The van der Waals surface area contributed by atoms with Crippen molar-refractivity contribution < 1.29 is 9.72 Å². The van der Waals surface area contributed by atoms with Crippen molar-refractivity contribution >= 4 is 11.6 Å². The quantitative estimate of drug-likeness (QED) is 0.531. The van der Waals surface area contributed by atoms with E-state index in [0.29, 0.717) is 13.0 Å². The fraction of sp³-hybridized carbons (Fsp3) is 0.200. The number of carbonyl (C=O) groups is 1. The van der Waals surface area contributed by atoms with Crippen molar-refractivity contribution in [2.45, 2.75) is 6.42 Å². The van der Waals surface area contributed by atoms with Gasteiger partial charge in [0.1, 0.15) is 11.5 Å². The van der Waals surface area contributed by atoms with Gasteiger partial charge in [0.15, 0.2) is 0 Å². The Labute approximate surface area is 102 Å². The molecule has 0 aromatic carbocycles. The molecule has 94 valence electrons. The summed E-state index contributed by atoms with van der Waals surface area (Å²) in [4.78, 5) is 31.0. The summed E-state index contributed by atoms with van der Waals surface area (Å²) in [6.07, 6.45) is 5.08. The molecule has 2 rings (SSSR count). The normalized spacial score (nSPS) is 10.2. The molecule has 0 aliphatic heterocycles. The SMILES string of the molecule is O=C(NCCc1ncc[nH]1)c1cc([N+](=O)[O-])c[nH]1. The van der Waals surface area contributed by atoms with Crippen LogP contribution in [0.2, 0.25) is 0 Å². The van der Waals surface area contributed by atoms with E-state index in [1.807, 2.05) is 0 Å². The number of amides is 1. The summed E-state index contributed by atoms with van der Waals surface area (Å²) in [5.74, 6) is 0.391. The molecule has 0 atom stereocenters. The number of aromatic nitrogens is 3. The smallest absolute Gasteiger partial charge is 0.287 e. The summed E-state index contributed by atoms with van der Waals surface area (Å²) in [7, 11) is 0. The van der Waals surface area contributed by atoms with Crippen molar-refractivity contribution in [1.82, 2.24) is 20.3 Å². The zero-order valence-corrected chi connectivity index (χ0v) is 9.34. The first-order valence-electron chi connectivity index (χ1n) is 5.26. The summed E-state index contributed by atoms with van der Waals surface area (Å²) in [5, 5.41) is 13.1. The van der Waals surface area contributed by atoms with E-state index < -0.39 is 4.92 Å². The second kappa shape index (κ2) is 5.13. The Morgan fingerprint density at radius 3 is 2.94 bits per heavy atom. The van der Waals surface area contributed by atoms with Crippen LogP contribution in [0, 0.1) is 10.1 Å². The predicted molar refractivity (Wildman–Crippen MR) is 62.1 cm³/mol. The van der Waals surface area contributed by atoms with E-state index >= 15 is 0 Å². The summed E-state index contributed by atoms with van der Waals surface area (Å²) in [5.41, 5.74) is 0.0346. The Balaban J connectivity index is 1.85. The fourth-order valence-corrected chi connectivity index (χ4v) is 1.44. The zero-order valence-electron chi connectivity index (χ0n) is 9.34. The van der Waals surface area contributed by atoms with Crippen LogP contribution in [0.25, 0.3) is 0 Å². The van der Waals surface area contributed by atoms with Gasteiger partial charge in [0, 0.05) is 31.4 Å². The molecule has 8 nitrogen and oxygen atoms in total. The fourth-order valence-electron chi connectivity index (χ4n) is 1.44. The van der Waals surface area contributed by atoms with Crippen LogP contribution in [-0.2, 0) is 6.42 Å². The van der Waals surface area contributed by atoms with Crippen LogP contribution >= 0.6 is 0 Å². The standard InChI is InChI=1S/C10H11N5O3/c16-10(8-5-7(6-14-8)15(17)18)13-2-1-9-11-3-4-12-9/h3-6,14H,1-2H2,(H,11,12)(H,13,16). The number of nitrogens with one attached hydrogen (secondary N) is 3. The number of imidazole rings is 1. The van der Waals surface area contributed by atoms with Crippen LogP contribution < -0.4 is 5.32 Å². The number of hydrogen-bond acceptors (Lipinski definition) is 4. The number of H-pyrrole nitrogens is 2. The molecule has 3 N–H and O–H groups in total. The largest absolute Gasteiger partial charge is 0.351 e. The lowest BCUT2D eigenvalue weighted by molar-refractivity contribution is -0.384. The first kappa shape index (κ1) is 11.8. The zero-order chi connectivity index (χ0) is 13.0. The van der Waals surface area contributed by atoms with Crippen LogP contribution in [0.1, 0.15) is 16.3 Å². The summed E-state index contributed by atoms with van der Waals surface area (Å²) in [6, 6.07) is 1.20. The Hall–Kier alpha value is -2.64. The lowest BCUT2D eigenvalue weighted by atomic mass is 10.3. The van der Waals surface area contributed by atoms with E-state index in [1.165, 1.54) is 12.3 Å². The van der Waals surface area contributed by atoms with Crippen molar-refractivity contribution in [3.63, 3.8) is 0 Å². The first-order chi connectivity index (χ1) is 8.66. The third-order valence-electron chi connectivity index (χ3n) is 2.33. The molecule has 0 aliphatic carbocycles. The average Bonchev–Trinajstić information content (AvgIpc) is 2.99. The molecule has 2 aromatic rings. The van der Waals surface area contributed by atoms with Gasteiger partial charge in [-0.2, -0.15) is 0 Å². The first-order valence-corrected chi connectivity index (χ1v) is 5.26. The molecule has 0 radical (unpaired) electrons. The number of nitrogens with zero attached hydrogens (tertiary/aromatic N) is 2. The Bertz CT molecular complexity index is 546. The number of carbonyl (C=O) groups excluding carboxylic acids is 1. The van der Waals surface area contributed by atoms with Gasteiger partial charge in [-0.05, 0) is 0 Å². The predicted octanol–water partition coefficient (Wildman–Crippen LogP) is 0.618. The molecular weight excluding hydrogens is 238 g/mol. The maximum atomic E-state index is 11.6. The van der Waals surface area contributed by atoms with E-state index in [9.17, 15) is 14.9 Å². The van der Waals surface area contributed by atoms with Crippen molar-refractivity contribution in [2.75, 3.05) is 6.54 Å². The van der Waals surface area contributed by atoms with Crippen LogP contribution in [0.5, 0.6) is 0 Å². The van der Waals surface area contributed by atoms with Gasteiger partial charge in [-0.1, -0.05) is 0 Å². The second-order valence-electron chi connectivity index (χ2n) is 3.57. The highest BCUT2D eigenvalue weighted by molar-refractivity contribution is 5.93. The molecule has 0 spiro atoms. The maximum Gasteiger partial charge on any atom is 0.287 e. The molecule has 8 heteroatoms. The van der Waals surface area contributed by atoms with Crippen LogP contribution in [0.3, 0.4) is 0 Å². The van der Waals surface area contributed by atoms with Crippen molar-refractivity contribution in [3.05, 3.63) is 46.3 Å². The molecular formula is C10H11N5O3. The molecule has 1 amide bonds. The van der Waals surface area contributed by atoms with Gasteiger partial charge in [0.25, 0.3) is 11.6 Å². The van der Waals surface area contributed by atoms with Crippen LogP contribution in [0.15, 0.2) is 24.7 Å². The van der Waals surface area contributed by atoms with Crippen LogP contribution in [0.4, 0.5) is 5.69 Å². The van der Waals surface area contributed by atoms with E-state index in [2.05, 4.69) is 20.3 Å². The van der Waals surface area contributed by atoms with E-state index in [0.717, 1.165) is 5.82 Å². The number of hydrogen-bond donors (Lipinski definition) is 3. The molecule has 0 aliphatic rings. The number of nitro groups is 1. The van der Waals surface area contributed by atoms with Crippen molar-refractivity contribution in [2.24, 2.45) is 0 Å². The van der Waals surface area contributed by atoms with Crippen molar-refractivity contribution in [1.29, 1.82) is 0 Å². The third-order valence-corrected chi connectivity index (χ3v) is 2.33. The lowest BCUT2D eigenvalue weighted by Crippen LogP contribution is -2.26. The summed E-state index contributed by atoms with van der Waals surface area (Å²) in [6.45, 7) is 0.402. The Morgan fingerprint density at radius 2 is 2.33 bits per heavy atom. The number of aromatic amines is 2. The minimum Gasteiger partial charge on any atom is -0.351 e. The molecule has 0 unspecified atom stereocenters. The highest BCUT2D eigenvalue weighted by atomic mass is 16.6. The van der Waals surface area contributed by atoms with Gasteiger partial charge in [-0.3, -0.25) is 14.9 Å². The molecule has 0 saturated heterocycles.